The minimum atomic E-state index is -0.224. The van der Waals surface area contributed by atoms with E-state index in [0.717, 1.165) is 11.1 Å². The fourth-order valence-electron chi connectivity index (χ4n) is 2.07. The molecule has 2 aromatic rings. The average Bonchev–Trinajstić information content (AvgIpc) is 2.59. The number of rotatable bonds is 7. The highest BCUT2D eigenvalue weighted by atomic mass is 16.6. The van der Waals surface area contributed by atoms with Gasteiger partial charge in [-0.2, -0.15) is 0 Å². The van der Waals surface area contributed by atoms with Crippen LogP contribution in [0.2, 0.25) is 0 Å². The van der Waals surface area contributed by atoms with E-state index < -0.39 is 0 Å². The van der Waals surface area contributed by atoms with E-state index in [0.29, 0.717) is 5.75 Å². The van der Waals surface area contributed by atoms with Gasteiger partial charge in [0, 0.05) is 5.56 Å². The van der Waals surface area contributed by atoms with E-state index in [1.54, 1.807) is 7.11 Å². The molecule has 0 aromatic heterocycles. The van der Waals surface area contributed by atoms with Crippen molar-refractivity contribution in [1.82, 2.24) is 5.32 Å². The van der Waals surface area contributed by atoms with Gasteiger partial charge in [0.15, 0.2) is 6.61 Å². The van der Waals surface area contributed by atoms with Crippen molar-refractivity contribution in [3.8, 4) is 5.75 Å². The van der Waals surface area contributed by atoms with Crippen molar-refractivity contribution in [2.75, 3.05) is 13.7 Å². The van der Waals surface area contributed by atoms with Crippen LogP contribution in [0.4, 0.5) is 0 Å². The van der Waals surface area contributed by atoms with Crippen LogP contribution in [0.25, 0.3) is 0 Å². The summed E-state index contributed by atoms with van der Waals surface area (Å²) in [5.41, 5.74) is 1.83. The summed E-state index contributed by atoms with van der Waals surface area (Å²) in [6.45, 7) is 1.79. The lowest BCUT2D eigenvalue weighted by molar-refractivity contribution is -0.126. The van der Waals surface area contributed by atoms with Crippen molar-refractivity contribution in [2.45, 2.75) is 13.0 Å². The molecule has 5 heteroatoms. The maximum absolute atomic E-state index is 11.8. The van der Waals surface area contributed by atoms with Crippen LogP contribution in [-0.4, -0.2) is 25.8 Å². The molecule has 0 aliphatic carbocycles. The van der Waals surface area contributed by atoms with Crippen LogP contribution >= 0.6 is 0 Å². The zero-order valence-electron chi connectivity index (χ0n) is 13.2. The van der Waals surface area contributed by atoms with Gasteiger partial charge in [0.05, 0.1) is 19.4 Å². The van der Waals surface area contributed by atoms with Crippen molar-refractivity contribution < 1.29 is 14.4 Å². The van der Waals surface area contributed by atoms with E-state index in [4.69, 9.17) is 9.57 Å². The number of oxime groups is 1. The number of carbonyl (C=O) groups is 1. The van der Waals surface area contributed by atoms with Gasteiger partial charge in [-0.1, -0.05) is 47.6 Å². The third-order valence-corrected chi connectivity index (χ3v) is 3.28. The first-order valence-corrected chi connectivity index (χ1v) is 7.33. The molecule has 0 spiro atoms. The number of carbonyl (C=O) groups excluding carboxylic acids is 1. The molecule has 2 rings (SSSR count). The Kier molecular flexibility index (Phi) is 6.17. The molecule has 1 amide bonds. The smallest absolute Gasteiger partial charge is 0.261 e. The lowest BCUT2D eigenvalue weighted by atomic mass is 10.1. The second-order valence-electron chi connectivity index (χ2n) is 4.95. The predicted octanol–water partition coefficient (Wildman–Crippen LogP) is 2.92. The quantitative estimate of drug-likeness (QED) is 0.631. The Morgan fingerprint density at radius 2 is 1.87 bits per heavy atom. The summed E-state index contributed by atoms with van der Waals surface area (Å²) >= 11 is 0. The van der Waals surface area contributed by atoms with Crippen LogP contribution in [0.1, 0.15) is 24.1 Å². The number of benzene rings is 2. The van der Waals surface area contributed by atoms with E-state index in [2.05, 4.69) is 10.5 Å². The monoisotopic (exact) mass is 312 g/mol. The Morgan fingerprint density at radius 1 is 1.17 bits per heavy atom. The van der Waals surface area contributed by atoms with Gasteiger partial charge in [0.1, 0.15) is 5.75 Å². The SMILES string of the molecule is COc1ccccc1/C=N\OCC(=O)N[C@@H](C)c1ccccc1. The van der Waals surface area contributed by atoms with Gasteiger partial charge in [-0.3, -0.25) is 4.79 Å². The molecule has 0 bridgehead atoms. The molecule has 1 N–H and O–H groups in total. The van der Waals surface area contributed by atoms with E-state index >= 15 is 0 Å². The first-order valence-electron chi connectivity index (χ1n) is 7.33. The minimum absolute atomic E-state index is 0.0782. The lowest BCUT2D eigenvalue weighted by Crippen LogP contribution is -2.29. The van der Waals surface area contributed by atoms with E-state index in [-0.39, 0.29) is 18.6 Å². The van der Waals surface area contributed by atoms with Gasteiger partial charge < -0.3 is 14.9 Å². The van der Waals surface area contributed by atoms with Gasteiger partial charge in [0.25, 0.3) is 5.91 Å². The zero-order valence-corrected chi connectivity index (χ0v) is 13.2. The van der Waals surface area contributed by atoms with Crippen molar-refractivity contribution in [3.05, 3.63) is 65.7 Å². The molecule has 0 unspecified atom stereocenters. The first kappa shape index (κ1) is 16.5. The molecule has 1 atom stereocenters. The molecule has 0 saturated heterocycles. The number of nitrogens with zero attached hydrogens (tertiary/aromatic N) is 1. The van der Waals surface area contributed by atoms with Gasteiger partial charge in [-0.25, -0.2) is 0 Å². The van der Waals surface area contributed by atoms with Crippen LogP contribution < -0.4 is 10.1 Å². The fraction of sp³-hybridized carbons (Fsp3) is 0.222. The number of ether oxygens (including phenoxy) is 1. The number of hydrogen-bond acceptors (Lipinski definition) is 4. The highest BCUT2D eigenvalue weighted by molar-refractivity contribution is 5.83. The van der Waals surface area contributed by atoms with Crippen molar-refractivity contribution in [3.63, 3.8) is 0 Å². The highest BCUT2D eigenvalue weighted by Gasteiger charge is 2.09. The van der Waals surface area contributed by atoms with Gasteiger partial charge >= 0.3 is 0 Å². The van der Waals surface area contributed by atoms with Crippen LogP contribution in [-0.2, 0) is 9.63 Å². The lowest BCUT2D eigenvalue weighted by Gasteiger charge is -2.13. The standard InChI is InChI=1S/C18H20N2O3/c1-14(15-8-4-3-5-9-15)20-18(21)13-23-19-12-16-10-6-7-11-17(16)22-2/h3-12,14H,13H2,1-2H3,(H,20,21)/b19-12-/t14-/m0/s1. The molecule has 23 heavy (non-hydrogen) atoms. The van der Waals surface area contributed by atoms with E-state index in [9.17, 15) is 4.79 Å². The molecule has 5 nitrogen and oxygen atoms in total. The Balaban J connectivity index is 1.79. The van der Waals surface area contributed by atoms with E-state index in [1.165, 1.54) is 6.21 Å². The maximum Gasteiger partial charge on any atom is 0.261 e. The molecule has 0 radical (unpaired) electrons. The molecular formula is C18H20N2O3. The molecule has 0 heterocycles. The molecule has 0 aliphatic rings. The molecule has 120 valence electrons. The fourth-order valence-corrected chi connectivity index (χ4v) is 2.07. The minimum Gasteiger partial charge on any atom is -0.496 e. The van der Waals surface area contributed by atoms with Crippen LogP contribution in [0.3, 0.4) is 0 Å². The number of hydrogen-bond donors (Lipinski definition) is 1. The number of amides is 1. The van der Waals surface area contributed by atoms with Crippen LogP contribution in [0.5, 0.6) is 5.75 Å². The molecule has 0 fully saturated rings. The number of methoxy groups -OCH3 is 1. The van der Waals surface area contributed by atoms with Crippen molar-refractivity contribution >= 4 is 12.1 Å². The first-order chi connectivity index (χ1) is 11.2. The second-order valence-corrected chi connectivity index (χ2v) is 4.95. The highest BCUT2D eigenvalue weighted by Crippen LogP contribution is 2.14. The normalized spacial score (nSPS) is 11.9. The van der Waals surface area contributed by atoms with Gasteiger partial charge in [-0.05, 0) is 24.6 Å². The van der Waals surface area contributed by atoms with Gasteiger partial charge in [-0.15, -0.1) is 0 Å². The van der Waals surface area contributed by atoms with Crippen molar-refractivity contribution in [1.29, 1.82) is 0 Å². The Labute approximate surface area is 135 Å². The van der Waals surface area contributed by atoms with Gasteiger partial charge in [0.2, 0.25) is 0 Å². The molecule has 0 saturated carbocycles. The third kappa shape index (κ3) is 5.14. The Hall–Kier alpha value is -2.82. The molecule has 0 aliphatic heterocycles. The molecule has 2 aromatic carbocycles. The van der Waals surface area contributed by atoms with Crippen molar-refractivity contribution in [2.24, 2.45) is 5.16 Å². The molecular weight excluding hydrogens is 292 g/mol. The summed E-state index contributed by atoms with van der Waals surface area (Å²) in [6, 6.07) is 17.1. The zero-order chi connectivity index (χ0) is 16.5. The summed E-state index contributed by atoms with van der Waals surface area (Å²) in [6.07, 6.45) is 1.52. The second kappa shape index (κ2) is 8.58. The summed E-state index contributed by atoms with van der Waals surface area (Å²) in [4.78, 5) is 16.9. The Morgan fingerprint density at radius 3 is 2.61 bits per heavy atom. The topological polar surface area (TPSA) is 59.9 Å². The largest absolute Gasteiger partial charge is 0.496 e. The summed E-state index contributed by atoms with van der Waals surface area (Å²) in [7, 11) is 1.59. The average molecular weight is 312 g/mol. The van der Waals surface area contributed by atoms with E-state index in [1.807, 2.05) is 61.5 Å². The van der Waals surface area contributed by atoms with Crippen LogP contribution in [0, 0.1) is 0 Å². The Bertz CT molecular complexity index is 656. The summed E-state index contributed by atoms with van der Waals surface area (Å²) < 4.78 is 5.20. The summed E-state index contributed by atoms with van der Waals surface area (Å²) in [5, 5.41) is 6.66. The summed E-state index contributed by atoms with van der Waals surface area (Å²) in [5.74, 6) is 0.473. The maximum atomic E-state index is 11.8. The van der Waals surface area contributed by atoms with Crippen LogP contribution in [0.15, 0.2) is 59.8 Å². The number of para-hydroxylation sites is 1. The number of nitrogens with one attached hydrogen (secondary N) is 1. The third-order valence-electron chi connectivity index (χ3n) is 3.28. The predicted molar refractivity (Wildman–Crippen MR) is 89.5 cm³/mol.